The van der Waals surface area contributed by atoms with Gasteiger partial charge < -0.3 is 0 Å². The Morgan fingerprint density at radius 2 is 2.06 bits per heavy atom. The molecule has 1 N–H and O–H groups in total. The number of rotatable bonds is 5. The van der Waals surface area contributed by atoms with Gasteiger partial charge in [0.2, 0.25) is 0 Å². The number of hydrogen-bond acceptors (Lipinski definition) is 6. The van der Waals surface area contributed by atoms with E-state index in [1.807, 2.05) is 10.7 Å². The molecule has 4 aromatic heterocycles. The Morgan fingerprint density at radius 1 is 1.23 bits per heavy atom. The summed E-state index contributed by atoms with van der Waals surface area (Å²) in [5, 5.41) is 13.4. The van der Waals surface area contributed by atoms with Gasteiger partial charge in [0, 0.05) is 48.3 Å². The highest BCUT2D eigenvalue weighted by atomic mass is 32.1. The van der Waals surface area contributed by atoms with Gasteiger partial charge in [-0.05, 0) is 30.4 Å². The number of aryl methyl sites for hydroxylation is 1. The quantitative estimate of drug-likeness (QED) is 0.492. The summed E-state index contributed by atoms with van der Waals surface area (Å²) in [6, 6.07) is 2.16. The molecule has 162 valence electrons. The molecule has 0 saturated carbocycles. The molecule has 5 rings (SSSR count). The molecule has 1 aliphatic heterocycles. The van der Waals surface area contributed by atoms with Gasteiger partial charge in [-0.1, -0.05) is 27.7 Å². The van der Waals surface area contributed by atoms with Crippen LogP contribution in [0.25, 0.3) is 27.6 Å². The van der Waals surface area contributed by atoms with Crippen LogP contribution >= 0.6 is 11.3 Å². The molecule has 0 atom stereocenters. The Labute approximate surface area is 186 Å². The van der Waals surface area contributed by atoms with Gasteiger partial charge in [0.25, 0.3) is 0 Å². The van der Waals surface area contributed by atoms with E-state index in [-0.39, 0.29) is 0 Å². The summed E-state index contributed by atoms with van der Waals surface area (Å²) in [7, 11) is 0. The lowest BCUT2D eigenvalue weighted by Crippen LogP contribution is -2.32. The summed E-state index contributed by atoms with van der Waals surface area (Å²) in [6.07, 6.45) is 4.64. The molecule has 5 heterocycles. The van der Waals surface area contributed by atoms with Gasteiger partial charge >= 0.3 is 0 Å². The highest BCUT2D eigenvalue weighted by Crippen LogP contribution is 2.39. The third kappa shape index (κ3) is 3.68. The van der Waals surface area contributed by atoms with E-state index in [1.165, 1.54) is 16.1 Å². The van der Waals surface area contributed by atoms with E-state index in [0.717, 1.165) is 59.2 Å². The van der Waals surface area contributed by atoms with Gasteiger partial charge in [-0.2, -0.15) is 10.2 Å². The van der Waals surface area contributed by atoms with Crippen LogP contribution in [0.5, 0.6) is 0 Å². The highest BCUT2D eigenvalue weighted by molar-refractivity contribution is 7.15. The van der Waals surface area contributed by atoms with Crippen LogP contribution in [0.2, 0.25) is 0 Å². The van der Waals surface area contributed by atoms with Gasteiger partial charge in [0.1, 0.15) is 17.0 Å². The van der Waals surface area contributed by atoms with Gasteiger partial charge in [0.15, 0.2) is 5.65 Å². The monoisotopic (exact) mass is 435 g/mol. The number of nitrogens with one attached hydrogen (secondary N) is 1. The molecule has 7 nitrogen and oxygen atoms in total. The molecule has 0 amide bonds. The average molecular weight is 436 g/mol. The summed E-state index contributed by atoms with van der Waals surface area (Å²) in [6.45, 7) is 14.3. The van der Waals surface area contributed by atoms with Crippen LogP contribution < -0.4 is 0 Å². The van der Waals surface area contributed by atoms with E-state index in [4.69, 9.17) is 10.1 Å². The second kappa shape index (κ2) is 7.84. The summed E-state index contributed by atoms with van der Waals surface area (Å²) < 4.78 is 1.83. The average Bonchev–Trinajstić information content (AvgIpc) is 3.43. The van der Waals surface area contributed by atoms with Crippen molar-refractivity contribution in [1.29, 1.82) is 0 Å². The molecule has 1 aliphatic rings. The number of pyridine rings is 1. The van der Waals surface area contributed by atoms with Crippen molar-refractivity contribution in [2.24, 2.45) is 5.92 Å². The van der Waals surface area contributed by atoms with Crippen LogP contribution in [0.1, 0.15) is 55.3 Å². The molecular formula is C23H29N7S. The fourth-order valence-corrected chi connectivity index (χ4v) is 5.70. The maximum atomic E-state index is 5.03. The Kier molecular flexibility index (Phi) is 5.14. The summed E-state index contributed by atoms with van der Waals surface area (Å²) in [5.41, 5.74) is 7.53. The van der Waals surface area contributed by atoms with Gasteiger partial charge in [-0.25, -0.2) is 14.5 Å². The van der Waals surface area contributed by atoms with Crippen LogP contribution in [0.3, 0.4) is 0 Å². The maximum absolute atomic E-state index is 5.03. The minimum Gasteiger partial charge on any atom is -0.298 e. The predicted octanol–water partition coefficient (Wildman–Crippen LogP) is 4.69. The third-order valence-electron chi connectivity index (χ3n) is 5.87. The molecule has 31 heavy (non-hydrogen) atoms. The zero-order chi connectivity index (χ0) is 21.7. The van der Waals surface area contributed by atoms with Gasteiger partial charge in [-0.3, -0.25) is 10.00 Å². The molecule has 0 aliphatic carbocycles. The number of thiazole rings is 1. The molecular weight excluding hydrogens is 406 g/mol. The third-order valence-corrected chi connectivity index (χ3v) is 6.95. The highest BCUT2D eigenvalue weighted by Gasteiger charge is 2.26. The zero-order valence-electron chi connectivity index (χ0n) is 18.8. The number of fused-ring (bicyclic) bond motifs is 2. The lowest BCUT2D eigenvalue weighted by molar-refractivity contribution is 0.228. The van der Waals surface area contributed by atoms with Gasteiger partial charge in [0.05, 0.1) is 11.4 Å². The molecule has 0 saturated heterocycles. The lowest BCUT2D eigenvalue weighted by atomic mass is 9.97. The van der Waals surface area contributed by atoms with E-state index >= 15 is 0 Å². The van der Waals surface area contributed by atoms with Crippen molar-refractivity contribution >= 4 is 17.0 Å². The Hall–Kier alpha value is -2.58. The second-order valence-corrected chi connectivity index (χ2v) is 10.3. The topological polar surface area (TPSA) is 75.0 Å². The van der Waals surface area contributed by atoms with Crippen molar-refractivity contribution in [3.63, 3.8) is 0 Å². The van der Waals surface area contributed by atoms with Crippen molar-refractivity contribution < 1.29 is 0 Å². The SMILES string of the molecule is Cc1cc(-c2[nH]nc(-c3nc4c(s3)CN(CC(C)C)CC4)c2C(C)C)cn2ncnc12. The first-order valence-corrected chi connectivity index (χ1v) is 11.8. The maximum Gasteiger partial charge on any atom is 0.158 e. The molecule has 0 bridgehead atoms. The van der Waals surface area contributed by atoms with Crippen LogP contribution in [0.4, 0.5) is 0 Å². The Bertz CT molecular complexity index is 1230. The first-order chi connectivity index (χ1) is 14.9. The first kappa shape index (κ1) is 20.3. The minimum absolute atomic E-state index is 0.314. The number of H-pyrrole nitrogens is 1. The summed E-state index contributed by atoms with van der Waals surface area (Å²) in [5.74, 6) is 0.995. The van der Waals surface area contributed by atoms with E-state index in [0.29, 0.717) is 11.8 Å². The largest absolute Gasteiger partial charge is 0.298 e. The molecule has 0 unspecified atom stereocenters. The minimum atomic E-state index is 0.314. The van der Waals surface area contributed by atoms with Crippen LogP contribution in [-0.4, -0.2) is 47.8 Å². The standard InChI is InChI=1S/C23H29N7S/c1-13(2)9-29-7-6-17-18(11-29)31-23(26-17)21-19(14(3)4)20(27-28-21)16-8-15(5)22-24-12-25-30(22)10-16/h8,10,12-14H,6-7,9,11H2,1-5H3,(H,27,28). The van der Waals surface area contributed by atoms with E-state index in [2.05, 4.69) is 60.8 Å². The molecule has 8 heteroatoms. The summed E-state index contributed by atoms with van der Waals surface area (Å²) in [4.78, 5) is 13.3. The molecule has 0 radical (unpaired) electrons. The predicted molar refractivity (Wildman–Crippen MR) is 124 cm³/mol. The second-order valence-electron chi connectivity index (χ2n) is 9.22. The smallest absolute Gasteiger partial charge is 0.158 e. The Morgan fingerprint density at radius 3 is 2.84 bits per heavy atom. The molecule has 0 spiro atoms. The van der Waals surface area contributed by atoms with Crippen molar-refractivity contribution in [3.8, 4) is 22.0 Å². The number of nitrogens with zero attached hydrogens (tertiary/aromatic N) is 6. The van der Waals surface area contributed by atoms with Gasteiger partial charge in [-0.15, -0.1) is 11.3 Å². The Balaban J connectivity index is 1.54. The molecule has 0 aromatic carbocycles. The van der Waals surface area contributed by atoms with E-state index in [9.17, 15) is 0 Å². The van der Waals surface area contributed by atoms with Crippen LogP contribution in [-0.2, 0) is 13.0 Å². The normalized spacial score (nSPS) is 14.8. The van der Waals surface area contributed by atoms with Crippen molar-refractivity contribution in [2.45, 2.75) is 53.5 Å². The number of aromatic nitrogens is 6. The van der Waals surface area contributed by atoms with Crippen LogP contribution in [0.15, 0.2) is 18.6 Å². The van der Waals surface area contributed by atoms with Crippen molar-refractivity contribution in [1.82, 2.24) is 34.7 Å². The molecule has 0 fully saturated rings. The van der Waals surface area contributed by atoms with Crippen molar-refractivity contribution in [3.05, 3.63) is 40.3 Å². The number of aromatic amines is 1. The van der Waals surface area contributed by atoms with Crippen molar-refractivity contribution in [2.75, 3.05) is 13.1 Å². The first-order valence-electron chi connectivity index (χ1n) is 11.0. The fourth-order valence-electron chi connectivity index (χ4n) is 4.55. The molecule has 4 aromatic rings. The zero-order valence-corrected chi connectivity index (χ0v) is 19.6. The lowest BCUT2D eigenvalue weighted by Gasteiger charge is -2.27. The van der Waals surface area contributed by atoms with E-state index in [1.54, 1.807) is 17.7 Å². The van der Waals surface area contributed by atoms with Crippen LogP contribution in [0, 0.1) is 12.8 Å². The number of hydrogen-bond donors (Lipinski definition) is 1. The fraction of sp³-hybridized carbons (Fsp3) is 0.478. The summed E-state index contributed by atoms with van der Waals surface area (Å²) >= 11 is 1.80. The van der Waals surface area contributed by atoms with E-state index < -0.39 is 0 Å².